The fourth-order valence-electron chi connectivity index (χ4n) is 1.28. The molecule has 4 nitrogen and oxygen atoms in total. The van der Waals surface area contributed by atoms with Gasteiger partial charge in [-0.2, -0.15) is 0 Å². The van der Waals surface area contributed by atoms with Crippen molar-refractivity contribution in [3.63, 3.8) is 0 Å². The Morgan fingerprint density at radius 2 is 2.12 bits per heavy atom. The second kappa shape index (κ2) is 5.63. The van der Waals surface area contributed by atoms with Crippen molar-refractivity contribution >= 4 is 23.5 Å². The number of halogens is 2. The first-order valence-corrected chi connectivity index (χ1v) is 5.18. The molecule has 92 valence electrons. The highest BCUT2D eigenvalue weighted by Crippen LogP contribution is 2.19. The molecule has 1 aromatic carbocycles. The second-order valence-electron chi connectivity index (χ2n) is 3.52. The maximum atomic E-state index is 13.4. The van der Waals surface area contributed by atoms with E-state index in [-0.39, 0.29) is 17.0 Å². The summed E-state index contributed by atoms with van der Waals surface area (Å²) in [6, 6.07) is 4.11. The largest absolute Gasteiger partial charge is 0.480 e. The highest BCUT2D eigenvalue weighted by atomic mass is 35.5. The second-order valence-corrected chi connectivity index (χ2v) is 3.93. The molecule has 1 aromatic rings. The quantitative estimate of drug-likeness (QED) is 0.893. The molecule has 1 amide bonds. The summed E-state index contributed by atoms with van der Waals surface area (Å²) in [4.78, 5) is 23.0. The molecule has 0 aliphatic heterocycles. The first-order chi connectivity index (χ1) is 7.91. The first-order valence-electron chi connectivity index (χ1n) is 4.80. The smallest absolute Gasteiger partial charge is 0.323 e. The molecule has 0 aliphatic rings. The molecule has 0 bridgehead atoms. The standard InChI is InChI=1S/C11H11ClFNO3/c1-14(6-11(16)17)10(15)5-7-8(12)3-2-4-9(7)13/h2-4H,5-6H2,1H3,(H,16,17). The molecule has 6 heteroatoms. The maximum absolute atomic E-state index is 13.4. The monoisotopic (exact) mass is 259 g/mol. The molecule has 0 aromatic heterocycles. The lowest BCUT2D eigenvalue weighted by Gasteiger charge is -2.15. The van der Waals surface area contributed by atoms with E-state index in [1.807, 2.05) is 0 Å². The van der Waals surface area contributed by atoms with Crippen LogP contribution in [0.1, 0.15) is 5.56 Å². The summed E-state index contributed by atoms with van der Waals surface area (Å²) in [5.41, 5.74) is 0.0800. The summed E-state index contributed by atoms with van der Waals surface area (Å²) in [7, 11) is 1.34. The molecule has 0 saturated heterocycles. The van der Waals surface area contributed by atoms with E-state index in [1.165, 1.54) is 25.2 Å². The topological polar surface area (TPSA) is 57.6 Å². The van der Waals surface area contributed by atoms with Gasteiger partial charge in [0, 0.05) is 17.6 Å². The summed E-state index contributed by atoms with van der Waals surface area (Å²) in [5, 5.41) is 8.67. The Kier molecular flexibility index (Phi) is 4.45. The van der Waals surface area contributed by atoms with E-state index in [2.05, 4.69) is 0 Å². The number of carboxylic acid groups (broad SMARTS) is 1. The van der Waals surface area contributed by atoms with Crippen LogP contribution in [-0.4, -0.2) is 35.5 Å². The van der Waals surface area contributed by atoms with Crippen LogP contribution in [-0.2, 0) is 16.0 Å². The van der Waals surface area contributed by atoms with E-state index >= 15 is 0 Å². The highest BCUT2D eigenvalue weighted by molar-refractivity contribution is 6.31. The van der Waals surface area contributed by atoms with Gasteiger partial charge in [-0.25, -0.2) is 4.39 Å². The average Bonchev–Trinajstić information content (AvgIpc) is 2.22. The zero-order valence-corrected chi connectivity index (χ0v) is 9.87. The van der Waals surface area contributed by atoms with Crippen molar-refractivity contribution in [3.05, 3.63) is 34.6 Å². The van der Waals surface area contributed by atoms with Crippen LogP contribution in [0, 0.1) is 5.82 Å². The number of amides is 1. The lowest BCUT2D eigenvalue weighted by molar-refractivity contribution is -0.143. The van der Waals surface area contributed by atoms with E-state index < -0.39 is 24.2 Å². The third kappa shape index (κ3) is 3.71. The summed E-state index contributed by atoms with van der Waals surface area (Å²) in [5.74, 6) is -2.20. The van der Waals surface area contributed by atoms with Gasteiger partial charge in [-0.05, 0) is 12.1 Å². The highest BCUT2D eigenvalue weighted by Gasteiger charge is 2.16. The molecule has 0 radical (unpaired) electrons. The van der Waals surface area contributed by atoms with E-state index in [4.69, 9.17) is 16.7 Å². The Morgan fingerprint density at radius 3 is 2.65 bits per heavy atom. The molecular formula is C11H11ClFNO3. The van der Waals surface area contributed by atoms with Crippen LogP contribution in [0.15, 0.2) is 18.2 Å². The van der Waals surface area contributed by atoms with Crippen molar-refractivity contribution in [1.29, 1.82) is 0 Å². The van der Waals surface area contributed by atoms with Gasteiger partial charge in [0.2, 0.25) is 5.91 Å². The van der Waals surface area contributed by atoms with Crippen LogP contribution in [0.4, 0.5) is 4.39 Å². The zero-order chi connectivity index (χ0) is 13.0. The Hall–Kier alpha value is -1.62. The average molecular weight is 260 g/mol. The number of rotatable bonds is 4. The summed E-state index contributed by atoms with van der Waals surface area (Å²) in [6.07, 6.45) is -0.255. The van der Waals surface area contributed by atoms with Crippen molar-refractivity contribution < 1.29 is 19.1 Å². The van der Waals surface area contributed by atoms with E-state index in [1.54, 1.807) is 0 Å². The van der Waals surface area contributed by atoms with Crippen molar-refractivity contribution in [1.82, 2.24) is 4.90 Å². The molecule has 0 spiro atoms. The first kappa shape index (κ1) is 13.4. The molecular weight excluding hydrogens is 249 g/mol. The van der Waals surface area contributed by atoms with Crippen LogP contribution < -0.4 is 0 Å². The number of likely N-dealkylation sites (N-methyl/N-ethyl adjacent to an activating group) is 1. The molecule has 0 aliphatic carbocycles. The van der Waals surface area contributed by atoms with Gasteiger partial charge in [0.1, 0.15) is 12.4 Å². The SMILES string of the molecule is CN(CC(=O)O)C(=O)Cc1c(F)cccc1Cl. The minimum atomic E-state index is -1.12. The Labute approximate surface area is 103 Å². The normalized spacial score (nSPS) is 10.1. The van der Waals surface area contributed by atoms with Gasteiger partial charge in [0.15, 0.2) is 0 Å². The molecule has 1 N–H and O–H groups in total. The predicted octanol–water partition coefficient (Wildman–Crippen LogP) is 1.56. The lowest BCUT2D eigenvalue weighted by Crippen LogP contribution is -2.33. The third-order valence-electron chi connectivity index (χ3n) is 2.19. The molecule has 0 atom stereocenters. The van der Waals surface area contributed by atoms with Crippen LogP contribution in [0.2, 0.25) is 5.02 Å². The van der Waals surface area contributed by atoms with Gasteiger partial charge in [0.05, 0.1) is 6.42 Å². The number of carbonyl (C=O) groups is 2. The van der Waals surface area contributed by atoms with Crippen molar-refractivity contribution in [2.24, 2.45) is 0 Å². The van der Waals surface area contributed by atoms with Crippen LogP contribution in [0.25, 0.3) is 0 Å². The fourth-order valence-corrected chi connectivity index (χ4v) is 1.51. The number of hydrogen-bond donors (Lipinski definition) is 1. The lowest BCUT2D eigenvalue weighted by atomic mass is 10.1. The molecule has 17 heavy (non-hydrogen) atoms. The fraction of sp³-hybridized carbons (Fsp3) is 0.273. The minimum Gasteiger partial charge on any atom is -0.480 e. The maximum Gasteiger partial charge on any atom is 0.323 e. The van der Waals surface area contributed by atoms with Gasteiger partial charge >= 0.3 is 5.97 Å². The Morgan fingerprint density at radius 1 is 1.47 bits per heavy atom. The molecule has 1 rings (SSSR count). The summed E-state index contributed by atoms with van der Waals surface area (Å²) >= 11 is 5.76. The van der Waals surface area contributed by atoms with Crippen molar-refractivity contribution in [2.75, 3.05) is 13.6 Å². The predicted molar refractivity (Wildman–Crippen MR) is 60.4 cm³/mol. The van der Waals surface area contributed by atoms with Gasteiger partial charge in [0.25, 0.3) is 0 Å². The third-order valence-corrected chi connectivity index (χ3v) is 2.54. The van der Waals surface area contributed by atoms with Gasteiger partial charge in [-0.1, -0.05) is 17.7 Å². The molecule has 0 fully saturated rings. The van der Waals surface area contributed by atoms with Gasteiger partial charge in [-0.3, -0.25) is 9.59 Å². The summed E-state index contributed by atoms with van der Waals surface area (Å²) < 4.78 is 13.4. The van der Waals surface area contributed by atoms with Crippen molar-refractivity contribution in [3.8, 4) is 0 Å². The molecule has 0 heterocycles. The van der Waals surface area contributed by atoms with E-state index in [9.17, 15) is 14.0 Å². The number of carbonyl (C=O) groups excluding carboxylic acids is 1. The molecule has 0 unspecified atom stereocenters. The van der Waals surface area contributed by atoms with Crippen LogP contribution >= 0.6 is 11.6 Å². The number of carboxylic acids is 1. The van der Waals surface area contributed by atoms with Crippen LogP contribution in [0.5, 0.6) is 0 Å². The number of aliphatic carboxylic acids is 1. The minimum absolute atomic E-state index is 0.0800. The van der Waals surface area contributed by atoms with Crippen LogP contribution in [0.3, 0.4) is 0 Å². The van der Waals surface area contributed by atoms with E-state index in [0.29, 0.717) is 0 Å². The Bertz CT molecular complexity index is 430. The number of benzene rings is 1. The Balaban J connectivity index is 2.78. The van der Waals surface area contributed by atoms with Gasteiger partial charge < -0.3 is 10.0 Å². The number of hydrogen-bond acceptors (Lipinski definition) is 2. The summed E-state index contributed by atoms with van der Waals surface area (Å²) in [6.45, 7) is -0.426. The van der Waals surface area contributed by atoms with Gasteiger partial charge in [-0.15, -0.1) is 0 Å². The zero-order valence-electron chi connectivity index (χ0n) is 9.11. The van der Waals surface area contributed by atoms with E-state index in [0.717, 1.165) is 4.90 Å². The van der Waals surface area contributed by atoms with Crippen molar-refractivity contribution in [2.45, 2.75) is 6.42 Å². The number of nitrogens with zero attached hydrogens (tertiary/aromatic N) is 1. The molecule has 0 saturated carbocycles.